The average molecular weight is 295 g/mol. The van der Waals surface area contributed by atoms with Crippen LogP contribution in [0.25, 0.3) is 0 Å². The topological polar surface area (TPSA) is 65.1 Å². The van der Waals surface area contributed by atoms with Crippen molar-refractivity contribution >= 4 is 12.2 Å². The smallest absolute Gasteiger partial charge is 0.248 e. The van der Waals surface area contributed by atoms with Gasteiger partial charge in [0.2, 0.25) is 5.91 Å². The van der Waals surface area contributed by atoms with Gasteiger partial charge in [-0.2, -0.15) is 0 Å². The predicted molar refractivity (Wildman–Crippen MR) is 77.1 cm³/mol. The molecule has 6 nitrogen and oxygen atoms in total. The average Bonchev–Trinajstić information content (AvgIpc) is 2.50. The molecule has 1 amide bonds. The molecular formula is C15H21NO5. The van der Waals surface area contributed by atoms with Crippen LogP contribution in [0.1, 0.15) is 5.56 Å². The Labute approximate surface area is 124 Å². The number of hydrogen-bond donors (Lipinski definition) is 0. The lowest BCUT2D eigenvalue weighted by Crippen LogP contribution is -2.31. The number of carbonyl (C=O) groups excluding carboxylic acids is 2. The van der Waals surface area contributed by atoms with Gasteiger partial charge < -0.3 is 23.9 Å². The number of carbonyl (C=O) groups is 2. The van der Waals surface area contributed by atoms with Crippen molar-refractivity contribution in [3.63, 3.8) is 0 Å². The minimum atomic E-state index is -0.743. The van der Waals surface area contributed by atoms with E-state index in [2.05, 4.69) is 0 Å². The summed E-state index contributed by atoms with van der Waals surface area (Å²) in [6.07, 6.45) is -0.108. The molecule has 0 radical (unpaired) electrons. The lowest BCUT2D eigenvalue weighted by molar-refractivity contribution is -0.139. The van der Waals surface area contributed by atoms with Crippen molar-refractivity contribution in [3.8, 4) is 5.75 Å². The molecule has 116 valence electrons. The molecule has 1 rings (SSSR count). The molecule has 0 aromatic heterocycles. The van der Waals surface area contributed by atoms with E-state index in [1.165, 1.54) is 4.90 Å². The van der Waals surface area contributed by atoms with Gasteiger partial charge in [0.1, 0.15) is 18.5 Å². The van der Waals surface area contributed by atoms with Gasteiger partial charge in [0, 0.05) is 14.1 Å². The summed E-state index contributed by atoms with van der Waals surface area (Å²) in [5, 5.41) is 0. The molecule has 0 aliphatic heterocycles. The highest BCUT2D eigenvalue weighted by Crippen LogP contribution is 2.12. The first kappa shape index (κ1) is 17.1. The quantitative estimate of drug-likeness (QED) is 0.633. The van der Waals surface area contributed by atoms with Gasteiger partial charge in [0.25, 0.3) is 0 Å². The van der Waals surface area contributed by atoms with Crippen molar-refractivity contribution in [1.29, 1.82) is 0 Å². The van der Waals surface area contributed by atoms with Crippen molar-refractivity contribution in [2.45, 2.75) is 12.7 Å². The summed E-state index contributed by atoms with van der Waals surface area (Å²) in [7, 11) is 4.86. The molecule has 1 aromatic rings. The van der Waals surface area contributed by atoms with Crippen LogP contribution in [0.3, 0.4) is 0 Å². The van der Waals surface area contributed by atoms with E-state index in [4.69, 9.17) is 14.2 Å². The number of hydrogen-bond acceptors (Lipinski definition) is 5. The molecule has 21 heavy (non-hydrogen) atoms. The molecule has 0 aliphatic carbocycles. The zero-order valence-electron chi connectivity index (χ0n) is 12.6. The van der Waals surface area contributed by atoms with Crippen molar-refractivity contribution in [2.24, 2.45) is 0 Å². The van der Waals surface area contributed by atoms with Gasteiger partial charge in [-0.05, 0) is 17.7 Å². The molecule has 0 aliphatic rings. The van der Waals surface area contributed by atoms with Crippen LogP contribution in [0.5, 0.6) is 5.75 Å². The number of amides is 1. The normalized spacial score (nSPS) is 11.8. The molecule has 6 heteroatoms. The van der Waals surface area contributed by atoms with Crippen LogP contribution in [0.2, 0.25) is 0 Å². The Bertz CT molecular complexity index is 444. The summed E-state index contributed by atoms with van der Waals surface area (Å²) in [4.78, 5) is 23.6. The van der Waals surface area contributed by atoms with Crippen LogP contribution in [-0.4, -0.2) is 57.6 Å². The SMILES string of the molecule is COc1ccc(COC[C@@H](C=O)OCC(=O)N(C)C)cc1. The van der Waals surface area contributed by atoms with Crippen LogP contribution in [-0.2, 0) is 25.7 Å². The van der Waals surface area contributed by atoms with E-state index in [0.29, 0.717) is 12.9 Å². The van der Waals surface area contributed by atoms with Gasteiger partial charge in [0.05, 0.1) is 20.3 Å². The third-order valence-electron chi connectivity index (χ3n) is 2.78. The first-order valence-electron chi connectivity index (χ1n) is 6.54. The number of ether oxygens (including phenoxy) is 3. The number of methoxy groups -OCH3 is 1. The fraction of sp³-hybridized carbons (Fsp3) is 0.467. The van der Waals surface area contributed by atoms with Crippen molar-refractivity contribution in [3.05, 3.63) is 29.8 Å². The lowest BCUT2D eigenvalue weighted by Gasteiger charge is -2.14. The zero-order chi connectivity index (χ0) is 15.7. The van der Waals surface area contributed by atoms with Gasteiger partial charge >= 0.3 is 0 Å². The summed E-state index contributed by atoms with van der Waals surface area (Å²) in [6.45, 7) is 0.331. The molecule has 0 fully saturated rings. The largest absolute Gasteiger partial charge is 0.497 e. The zero-order valence-corrected chi connectivity index (χ0v) is 12.6. The Morgan fingerprint density at radius 3 is 2.48 bits per heavy atom. The molecule has 0 N–H and O–H groups in total. The summed E-state index contributed by atoms with van der Waals surface area (Å²) in [5.41, 5.74) is 0.963. The van der Waals surface area contributed by atoms with Gasteiger partial charge in [-0.25, -0.2) is 0 Å². The maximum Gasteiger partial charge on any atom is 0.248 e. The molecule has 1 atom stereocenters. The summed E-state index contributed by atoms with van der Waals surface area (Å²) >= 11 is 0. The van der Waals surface area contributed by atoms with Gasteiger partial charge in [-0.1, -0.05) is 12.1 Å². The van der Waals surface area contributed by atoms with Gasteiger partial charge in [-0.15, -0.1) is 0 Å². The Morgan fingerprint density at radius 2 is 1.95 bits per heavy atom. The maximum absolute atomic E-state index is 11.4. The summed E-state index contributed by atoms with van der Waals surface area (Å²) in [6, 6.07) is 7.43. The third-order valence-corrected chi connectivity index (χ3v) is 2.78. The Hall–Kier alpha value is -1.92. The van der Waals surface area contributed by atoms with Crippen molar-refractivity contribution < 1.29 is 23.8 Å². The molecule has 0 saturated heterocycles. The minimum Gasteiger partial charge on any atom is -0.497 e. The first-order chi connectivity index (χ1) is 10.1. The maximum atomic E-state index is 11.4. The Balaban J connectivity index is 2.31. The number of benzene rings is 1. The highest BCUT2D eigenvalue weighted by molar-refractivity contribution is 5.77. The van der Waals surface area contributed by atoms with E-state index >= 15 is 0 Å². The standard InChI is InChI=1S/C15H21NO5/c1-16(2)15(18)11-21-14(8-17)10-20-9-12-4-6-13(19-3)7-5-12/h4-8,14H,9-11H2,1-3H3/t14-/m1/s1. The van der Waals surface area contributed by atoms with E-state index in [1.807, 2.05) is 24.3 Å². The minimum absolute atomic E-state index is 0.107. The third kappa shape index (κ3) is 6.37. The van der Waals surface area contributed by atoms with Crippen LogP contribution in [0.4, 0.5) is 0 Å². The molecule has 0 saturated carbocycles. The van der Waals surface area contributed by atoms with E-state index < -0.39 is 6.10 Å². The summed E-state index contributed by atoms with van der Waals surface area (Å²) < 4.78 is 15.7. The Kier molecular flexibility index (Phi) is 7.42. The highest BCUT2D eigenvalue weighted by atomic mass is 16.5. The Morgan fingerprint density at radius 1 is 1.29 bits per heavy atom. The fourth-order valence-corrected chi connectivity index (χ4v) is 1.45. The first-order valence-corrected chi connectivity index (χ1v) is 6.54. The van der Waals surface area contributed by atoms with E-state index in [0.717, 1.165) is 11.3 Å². The fourth-order valence-electron chi connectivity index (χ4n) is 1.45. The van der Waals surface area contributed by atoms with Gasteiger partial charge in [0.15, 0.2) is 6.29 Å². The van der Waals surface area contributed by atoms with E-state index in [1.54, 1.807) is 21.2 Å². The monoisotopic (exact) mass is 295 g/mol. The summed E-state index contributed by atoms with van der Waals surface area (Å²) in [5.74, 6) is 0.576. The predicted octanol–water partition coefficient (Wildman–Crippen LogP) is 0.884. The second kappa shape index (κ2) is 9.10. The molecule has 0 unspecified atom stereocenters. The second-order valence-corrected chi connectivity index (χ2v) is 4.64. The number of likely N-dealkylation sites (N-methyl/N-ethyl adjacent to an activating group) is 1. The van der Waals surface area contributed by atoms with Crippen LogP contribution in [0, 0.1) is 0 Å². The van der Waals surface area contributed by atoms with Crippen molar-refractivity contribution in [1.82, 2.24) is 4.90 Å². The van der Waals surface area contributed by atoms with Crippen LogP contribution in [0.15, 0.2) is 24.3 Å². The molecule has 0 bridgehead atoms. The highest BCUT2D eigenvalue weighted by Gasteiger charge is 2.12. The van der Waals surface area contributed by atoms with E-state index in [-0.39, 0.29) is 19.1 Å². The number of aldehydes is 1. The lowest BCUT2D eigenvalue weighted by atomic mass is 10.2. The molecule has 1 aromatic carbocycles. The second-order valence-electron chi connectivity index (χ2n) is 4.64. The number of nitrogens with zero attached hydrogens (tertiary/aromatic N) is 1. The van der Waals surface area contributed by atoms with E-state index in [9.17, 15) is 9.59 Å². The molecular weight excluding hydrogens is 274 g/mol. The van der Waals surface area contributed by atoms with Crippen molar-refractivity contribution in [2.75, 3.05) is 34.4 Å². The van der Waals surface area contributed by atoms with Crippen LogP contribution < -0.4 is 4.74 Å². The van der Waals surface area contributed by atoms with Gasteiger partial charge in [-0.3, -0.25) is 4.79 Å². The molecule has 0 spiro atoms. The number of rotatable bonds is 9. The molecule has 0 heterocycles. The van der Waals surface area contributed by atoms with Crippen LogP contribution >= 0.6 is 0 Å².